The standard InChI is InChI=1S/C14H20N2O2/c1-15-8-7-11(9-15)10-16(2)13-5-3-12(4-6-13)14(17)18/h3-6,11H,7-10H2,1-2H3,(H,17,18). The maximum absolute atomic E-state index is 10.8. The van der Waals surface area contributed by atoms with Crippen molar-refractivity contribution < 1.29 is 9.90 Å². The summed E-state index contributed by atoms with van der Waals surface area (Å²) in [4.78, 5) is 15.3. The van der Waals surface area contributed by atoms with Crippen molar-refractivity contribution in [3.8, 4) is 0 Å². The number of likely N-dealkylation sites (tertiary alicyclic amines) is 1. The van der Waals surface area contributed by atoms with Crippen molar-refractivity contribution in [2.75, 3.05) is 38.6 Å². The normalized spacial score (nSPS) is 20.0. The Morgan fingerprint density at radius 1 is 1.44 bits per heavy atom. The average Bonchev–Trinajstić information content (AvgIpc) is 2.75. The van der Waals surface area contributed by atoms with Crippen LogP contribution in [0, 0.1) is 5.92 Å². The molecular formula is C14H20N2O2. The van der Waals surface area contributed by atoms with Crippen LogP contribution in [0.4, 0.5) is 5.69 Å². The molecule has 98 valence electrons. The van der Waals surface area contributed by atoms with Crippen LogP contribution in [-0.2, 0) is 0 Å². The molecule has 1 atom stereocenters. The van der Waals surface area contributed by atoms with Gasteiger partial charge >= 0.3 is 5.97 Å². The third kappa shape index (κ3) is 3.01. The molecule has 1 unspecified atom stereocenters. The molecule has 4 heteroatoms. The summed E-state index contributed by atoms with van der Waals surface area (Å²) in [6.45, 7) is 3.35. The first-order valence-corrected chi connectivity index (χ1v) is 6.29. The maximum atomic E-state index is 10.8. The van der Waals surface area contributed by atoms with Gasteiger partial charge in [0.2, 0.25) is 0 Å². The number of carboxylic acid groups (broad SMARTS) is 1. The Bertz CT molecular complexity index is 416. The summed E-state index contributed by atoms with van der Waals surface area (Å²) >= 11 is 0. The number of carbonyl (C=O) groups is 1. The minimum absolute atomic E-state index is 0.341. The molecule has 1 aromatic rings. The maximum Gasteiger partial charge on any atom is 0.335 e. The SMILES string of the molecule is CN1CCC(CN(C)c2ccc(C(=O)O)cc2)C1. The van der Waals surface area contributed by atoms with Crippen LogP contribution < -0.4 is 4.90 Å². The van der Waals surface area contributed by atoms with Gasteiger partial charge in [-0.15, -0.1) is 0 Å². The summed E-state index contributed by atoms with van der Waals surface area (Å²) in [7, 11) is 4.22. The van der Waals surface area contributed by atoms with Crippen LogP contribution in [0.2, 0.25) is 0 Å². The van der Waals surface area contributed by atoms with Crippen molar-refractivity contribution in [2.45, 2.75) is 6.42 Å². The third-order valence-electron chi connectivity index (χ3n) is 3.58. The van der Waals surface area contributed by atoms with Gasteiger partial charge in [0, 0.05) is 25.8 Å². The molecule has 1 saturated heterocycles. The van der Waals surface area contributed by atoms with Gasteiger partial charge in [0.25, 0.3) is 0 Å². The molecule has 1 fully saturated rings. The molecule has 0 saturated carbocycles. The smallest absolute Gasteiger partial charge is 0.335 e. The van der Waals surface area contributed by atoms with Crippen LogP contribution in [0.5, 0.6) is 0 Å². The van der Waals surface area contributed by atoms with E-state index in [1.54, 1.807) is 12.1 Å². The molecule has 0 amide bonds. The number of hydrogen-bond donors (Lipinski definition) is 1. The topological polar surface area (TPSA) is 43.8 Å². The van der Waals surface area contributed by atoms with E-state index in [1.165, 1.54) is 13.0 Å². The van der Waals surface area contributed by atoms with E-state index in [2.05, 4.69) is 23.9 Å². The molecule has 0 aliphatic carbocycles. The highest BCUT2D eigenvalue weighted by Crippen LogP contribution is 2.20. The van der Waals surface area contributed by atoms with Gasteiger partial charge in [-0.1, -0.05) is 0 Å². The van der Waals surface area contributed by atoms with Gasteiger partial charge in [-0.3, -0.25) is 0 Å². The zero-order valence-electron chi connectivity index (χ0n) is 11.0. The van der Waals surface area contributed by atoms with Crippen LogP contribution in [0.25, 0.3) is 0 Å². The molecule has 4 nitrogen and oxygen atoms in total. The fourth-order valence-electron chi connectivity index (χ4n) is 2.53. The molecule has 0 bridgehead atoms. The number of rotatable bonds is 4. The van der Waals surface area contributed by atoms with E-state index in [-0.39, 0.29) is 0 Å². The summed E-state index contributed by atoms with van der Waals surface area (Å²) in [5.41, 5.74) is 1.42. The van der Waals surface area contributed by atoms with Gasteiger partial charge in [-0.05, 0) is 50.2 Å². The van der Waals surface area contributed by atoms with E-state index in [9.17, 15) is 4.79 Å². The second-order valence-corrected chi connectivity index (χ2v) is 5.15. The van der Waals surface area contributed by atoms with E-state index >= 15 is 0 Å². The van der Waals surface area contributed by atoms with Crippen LogP contribution in [0.3, 0.4) is 0 Å². The Balaban J connectivity index is 1.96. The summed E-state index contributed by atoms with van der Waals surface area (Å²) in [6.07, 6.45) is 1.24. The first-order chi connectivity index (χ1) is 8.56. The molecule has 18 heavy (non-hydrogen) atoms. The van der Waals surface area contributed by atoms with E-state index in [4.69, 9.17) is 5.11 Å². The Morgan fingerprint density at radius 2 is 2.11 bits per heavy atom. The summed E-state index contributed by atoms with van der Waals surface area (Å²) < 4.78 is 0. The Labute approximate surface area is 108 Å². The molecule has 1 aliphatic rings. The van der Waals surface area contributed by atoms with Crippen molar-refractivity contribution in [1.29, 1.82) is 0 Å². The zero-order chi connectivity index (χ0) is 13.1. The molecule has 0 aromatic heterocycles. The molecule has 0 spiro atoms. The molecule has 1 aromatic carbocycles. The lowest BCUT2D eigenvalue weighted by Crippen LogP contribution is -2.27. The summed E-state index contributed by atoms with van der Waals surface area (Å²) in [5, 5.41) is 8.85. The Hall–Kier alpha value is -1.55. The second-order valence-electron chi connectivity index (χ2n) is 5.15. The highest BCUT2D eigenvalue weighted by Gasteiger charge is 2.20. The predicted molar refractivity (Wildman–Crippen MR) is 72.3 cm³/mol. The van der Waals surface area contributed by atoms with Crippen molar-refractivity contribution in [3.05, 3.63) is 29.8 Å². The molecular weight excluding hydrogens is 228 g/mol. The number of carboxylic acids is 1. The van der Waals surface area contributed by atoms with Crippen molar-refractivity contribution in [3.63, 3.8) is 0 Å². The van der Waals surface area contributed by atoms with Crippen LogP contribution in [-0.4, -0.2) is 49.7 Å². The monoisotopic (exact) mass is 248 g/mol. The third-order valence-corrected chi connectivity index (χ3v) is 3.58. The first-order valence-electron chi connectivity index (χ1n) is 6.29. The Morgan fingerprint density at radius 3 is 2.61 bits per heavy atom. The van der Waals surface area contributed by atoms with Crippen LogP contribution >= 0.6 is 0 Å². The predicted octanol–water partition coefficient (Wildman–Crippen LogP) is 1.77. The van der Waals surface area contributed by atoms with Gasteiger partial charge in [0.15, 0.2) is 0 Å². The van der Waals surface area contributed by atoms with Gasteiger partial charge in [0.05, 0.1) is 5.56 Å². The summed E-state index contributed by atoms with van der Waals surface area (Å²) in [6, 6.07) is 7.08. The van der Waals surface area contributed by atoms with Crippen molar-refractivity contribution in [1.82, 2.24) is 4.90 Å². The number of hydrogen-bond acceptors (Lipinski definition) is 3. The lowest BCUT2D eigenvalue weighted by molar-refractivity contribution is 0.0697. The average molecular weight is 248 g/mol. The van der Waals surface area contributed by atoms with E-state index in [1.807, 2.05) is 12.1 Å². The van der Waals surface area contributed by atoms with Gasteiger partial charge < -0.3 is 14.9 Å². The largest absolute Gasteiger partial charge is 0.478 e. The fraction of sp³-hybridized carbons (Fsp3) is 0.500. The number of anilines is 1. The van der Waals surface area contributed by atoms with Gasteiger partial charge in [-0.25, -0.2) is 4.79 Å². The van der Waals surface area contributed by atoms with Gasteiger partial charge in [0.1, 0.15) is 0 Å². The van der Waals surface area contributed by atoms with Crippen LogP contribution in [0.1, 0.15) is 16.8 Å². The Kier molecular flexibility index (Phi) is 3.87. The van der Waals surface area contributed by atoms with E-state index in [0.29, 0.717) is 11.5 Å². The lowest BCUT2D eigenvalue weighted by Gasteiger charge is -2.23. The molecule has 1 heterocycles. The van der Waals surface area contributed by atoms with Crippen LogP contribution in [0.15, 0.2) is 24.3 Å². The van der Waals surface area contributed by atoms with E-state index in [0.717, 1.165) is 18.8 Å². The van der Waals surface area contributed by atoms with Gasteiger partial charge in [-0.2, -0.15) is 0 Å². The molecule has 1 aliphatic heterocycles. The van der Waals surface area contributed by atoms with E-state index < -0.39 is 5.97 Å². The van der Waals surface area contributed by atoms with Crippen molar-refractivity contribution >= 4 is 11.7 Å². The molecule has 0 radical (unpaired) electrons. The number of nitrogens with zero attached hydrogens (tertiary/aromatic N) is 2. The fourth-order valence-corrected chi connectivity index (χ4v) is 2.53. The molecule has 2 rings (SSSR count). The number of benzene rings is 1. The van der Waals surface area contributed by atoms with Crippen molar-refractivity contribution in [2.24, 2.45) is 5.92 Å². The minimum atomic E-state index is -0.873. The summed E-state index contributed by atoms with van der Waals surface area (Å²) in [5.74, 6) is -0.166. The highest BCUT2D eigenvalue weighted by atomic mass is 16.4. The quantitative estimate of drug-likeness (QED) is 0.882. The lowest BCUT2D eigenvalue weighted by atomic mass is 10.1. The second kappa shape index (κ2) is 5.40. The first kappa shape index (κ1) is 12.9. The highest BCUT2D eigenvalue weighted by molar-refractivity contribution is 5.88. The zero-order valence-corrected chi connectivity index (χ0v) is 11.0. The number of aromatic carboxylic acids is 1. The minimum Gasteiger partial charge on any atom is -0.478 e. The molecule has 1 N–H and O–H groups in total.